The first kappa shape index (κ1) is 18.9. The van der Waals surface area contributed by atoms with Crippen molar-refractivity contribution in [1.82, 2.24) is 24.9 Å². The van der Waals surface area contributed by atoms with Gasteiger partial charge in [0.15, 0.2) is 5.69 Å². The van der Waals surface area contributed by atoms with Gasteiger partial charge >= 0.3 is 5.97 Å². The molecule has 0 fully saturated rings. The maximum atomic E-state index is 12.6. The van der Waals surface area contributed by atoms with Crippen LogP contribution in [0, 0.1) is 0 Å². The molecule has 0 bridgehead atoms. The summed E-state index contributed by atoms with van der Waals surface area (Å²) in [5.41, 5.74) is 0.432. The van der Waals surface area contributed by atoms with Crippen LogP contribution in [0.5, 0.6) is 0 Å². The molecule has 2 amide bonds. The Kier molecular flexibility index (Phi) is 5.53. The Morgan fingerprint density at radius 3 is 2.79 bits per heavy atom. The van der Waals surface area contributed by atoms with Gasteiger partial charge in [0.25, 0.3) is 11.8 Å². The summed E-state index contributed by atoms with van der Waals surface area (Å²) in [7, 11) is 1.62. The van der Waals surface area contributed by atoms with E-state index in [2.05, 4.69) is 20.8 Å². The highest BCUT2D eigenvalue weighted by Gasteiger charge is 2.20. The largest absolute Gasteiger partial charge is 0.481 e. The molecule has 0 unspecified atom stereocenters. The Hall–Kier alpha value is -3.89. The molecule has 0 saturated heterocycles. The number of carboxylic acids is 1. The van der Waals surface area contributed by atoms with Crippen LogP contribution < -0.4 is 10.6 Å². The third-order valence-electron chi connectivity index (χ3n) is 3.78. The van der Waals surface area contributed by atoms with Crippen LogP contribution in [0.2, 0.25) is 0 Å². The van der Waals surface area contributed by atoms with Gasteiger partial charge in [0.05, 0.1) is 31.5 Å². The van der Waals surface area contributed by atoms with Crippen LogP contribution in [0.1, 0.15) is 33.2 Å². The van der Waals surface area contributed by atoms with Gasteiger partial charge in [-0.1, -0.05) is 0 Å². The highest BCUT2D eigenvalue weighted by molar-refractivity contribution is 6.07. The van der Waals surface area contributed by atoms with E-state index in [1.165, 1.54) is 34.1 Å². The van der Waals surface area contributed by atoms with Gasteiger partial charge < -0.3 is 20.2 Å². The molecule has 3 aromatic rings. The molecule has 11 nitrogen and oxygen atoms in total. The zero-order valence-corrected chi connectivity index (χ0v) is 15.0. The molecule has 146 valence electrons. The first-order valence-electron chi connectivity index (χ1n) is 8.33. The number of furan rings is 1. The molecule has 3 heterocycles. The smallest absolute Gasteiger partial charge is 0.305 e. The molecule has 0 aliphatic rings. The van der Waals surface area contributed by atoms with Crippen LogP contribution in [0.15, 0.2) is 41.3 Å². The second-order valence-corrected chi connectivity index (χ2v) is 5.86. The lowest BCUT2D eigenvalue weighted by Crippen LogP contribution is -2.25. The molecular weight excluding hydrogens is 368 g/mol. The molecule has 0 spiro atoms. The van der Waals surface area contributed by atoms with Gasteiger partial charge in [0.1, 0.15) is 11.5 Å². The van der Waals surface area contributed by atoms with E-state index >= 15 is 0 Å². The topological polar surface area (TPSA) is 144 Å². The number of amides is 2. The first-order valence-corrected chi connectivity index (χ1v) is 8.33. The third-order valence-corrected chi connectivity index (χ3v) is 3.78. The van der Waals surface area contributed by atoms with Gasteiger partial charge in [0, 0.05) is 19.4 Å². The van der Waals surface area contributed by atoms with Gasteiger partial charge in [-0.3, -0.25) is 23.7 Å². The number of hydrogen-bond donors (Lipinski definition) is 3. The molecule has 28 heavy (non-hydrogen) atoms. The third kappa shape index (κ3) is 4.44. The molecule has 0 aromatic carbocycles. The monoisotopic (exact) mass is 386 g/mol. The second-order valence-electron chi connectivity index (χ2n) is 5.86. The van der Waals surface area contributed by atoms with Crippen molar-refractivity contribution >= 4 is 23.5 Å². The predicted molar refractivity (Wildman–Crippen MR) is 95.5 cm³/mol. The van der Waals surface area contributed by atoms with E-state index in [0.717, 1.165) is 0 Å². The molecule has 0 atom stereocenters. The van der Waals surface area contributed by atoms with Crippen LogP contribution in [0.3, 0.4) is 0 Å². The zero-order chi connectivity index (χ0) is 20.1. The molecule has 3 rings (SSSR count). The minimum atomic E-state index is -0.996. The average molecular weight is 386 g/mol. The van der Waals surface area contributed by atoms with Gasteiger partial charge in [-0.25, -0.2) is 0 Å². The lowest BCUT2D eigenvalue weighted by Gasteiger charge is -2.08. The highest BCUT2D eigenvalue weighted by Crippen LogP contribution is 2.15. The first-order chi connectivity index (χ1) is 13.4. The molecule has 0 radical (unpaired) electrons. The normalized spacial score (nSPS) is 10.6. The summed E-state index contributed by atoms with van der Waals surface area (Å²) in [5.74, 6) is -1.43. The van der Waals surface area contributed by atoms with E-state index in [1.807, 2.05) is 0 Å². The van der Waals surface area contributed by atoms with Crippen molar-refractivity contribution in [1.29, 1.82) is 0 Å². The molecule has 3 aromatic heterocycles. The summed E-state index contributed by atoms with van der Waals surface area (Å²) in [6, 6.07) is 4.89. The van der Waals surface area contributed by atoms with Crippen molar-refractivity contribution in [3.05, 3.63) is 54.0 Å². The Bertz CT molecular complexity index is 988. The molecule has 0 saturated carbocycles. The number of aromatic nitrogens is 4. The summed E-state index contributed by atoms with van der Waals surface area (Å²) in [6.07, 6.45) is 4.23. The standard InChI is InChI=1S/C17H18N6O5/c1-22-10-12(15(21-22)17(27)18-9-11-3-2-8-28-11)20-16(26)13-4-6-19-23(13)7-5-14(24)25/h2-4,6,8,10H,5,7,9H2,1H3,(H,18,27)(H,20,26)(H,24,25). The van der Waals surface area contributed by atoms with Crippen LogP contribution in [0.25, 0.3) is 0 Å². The quantitative estimate of drug-likeness (QED) is 0.521. The number of hydrogen-bond acceptors (Lipinski definition) is 6. The van der Waals surface area contributed by atoms with Crippen molar-refractivity contribution in [3.63, 3.8) is 0 Å². The lowest BCUT2D eigenvalue weighted by atomic mass is 10.3. The van der Waals surface area contributed by atoms with Crippen LogP contribution in [-0.4, -0.2) is 42.5 Å². The number of carbonyl (C=O) groups excluding carboxylic acids is 2. The van der Waals surface area contributed by atoms with E-state index < -0.39 is 17.8 Å². The van der Waals surface area contributed by atoms with Gasteiger partial charge in [-0.05, 0) is 18.2 Å². The zero-order valence-electron chi connectivity index (χ0n) is 15.0. The van der Waals surface area contributed by atoms with Crippen molar-refractivity contribution in [2.45, 2.75) is 19.5 Å². The van der Waals surface area contributed by atoms with Gasteiger partial charge in [-0.15, -0.1) is 0 Å². The van der Waals surface area contributed by atoms with Gasteiger partial charge in [-0.2, -0.15) is 10.2 Å². The minimum absolute atomic E-state index is 0.0407. The number of rotatable bonds is 8. The Balaban J connectivity index is 1.71. The second kappa shape index (κ2) is 8.20. The fourth-order valence-electron chi connectivity index (χ4n) is 2.50. The highest BCUT2D eigenvalue weighted by atomic mass is 16.4. The number of carboxylic acid groups (broad SMARTS) is 1. The number of carbonyl (C=O) groups is 3. The van der Waals surface area contributed by atoms with E-state index in [-0.39, 0.29) is 36.6 Å². The van der Waals surface area contributed by atoms with E-state index in [0.29, 0.717) is 5.76 Å². The minimum Gasteiger partial charge on any atom is -0.481 e. The maximum absolute atomic E-state index is 12.6. The van der Waals surface area contributed by atoms with Crippen molar-refractivity contribution in [2.24, 2.45) is 7.05 Å². The summed E-state index contributed by atoms with van der Waals surface area (Å²) in [6.45, 7) is 0.229. The molecule has 11 heteroatoms. The van der Waals surface area contributed by atoms with E-state index in [9.17, 15) is 14.4 Å². The summed E-state index contributed by atoms with van der Waals surface area (Å²) in [5, 5.41) is 22.1. The van der Waals surface area contributed by atoms with Gasteiger partial charge in [0.2, 0.25) is 0 Å². The van der Waals surface area contributed by atoms with Crippen LogP contribution in [-0.2, 0) is 24.9 Å². The van der Waals surface area contributed by atoms with Crippen molar-refractivity contribution in [2.75, 3.05) is 5.32 Å². The number of nitrogens with zero attached hydrogens (tertiary/aromatic N) is 4. The molecule has 3 N–H and O–H groups in total. The number of aryl methyl sites for hydroxylation is 2. The Labute approximate surface area is 158 Å². The molecular formula is C17H18N6O5. The number of nitrogens with one attached hydrogen (secondary N) is 2. The van der Waals surface area contributed by atoms with Crippen LogP contribution in [0.4, 0.5) is 5.69 Å². The fourth-order valence-corrected chi connectivity index (χ4v) is 2.50. The molecule has 0 aliphatic heterocycles. The number of aliphatic carboxylic acids is 1. The summed E-state index contributed by atoms with van der Waals surface area (Å²) in [4.78, 5) is 35.7. The van der Waals surface area contributed by atoms with Crippen molar-refractivity contribution in [3.8, 4) is 0 Å². The maximum Gasteiger partial charge on any atom is 0.305 e. The predicted octanol–water partition coefficient (Wildman–Crippen LogP) is 0.867. The Morgan fingerprint density at radius 1 is 1.25 bits per heavy atom. The summed E-state index contributed by atoms with van der Waals surface area (Å²) >= 11 is 0. The Morgan fingerprint density at radius 2 is 2.07 bits per heavy atom. The summed E-state index contributed by atoms with van der Waals surface area (Å²) < 4.78 is 7.85. The fraction of sp³-hybridized carbons (Fsp3) is 0.235. The average Bonchev–Trinajstić information content (AvgIpc) is 3.39. The SMILES string of the molecule is Cn1cc(NC(=O)c2ccnn2CCC(=O)O)c(C(=O)NCc2ccco2)n1. The van der Waals surface area contributed by atoms with E-state index in [4.69, 9.17) is 9.52 Å². The lowest BCUT2D eigenvalue weighted by molar-refractivity contribution is -0.137. The molecule has 0 aliphatic carbocycles. The van der Waals surface area contributed by atoms with Crippen molar-refractivity contribution < 1.29 is 23.9 Å². The van der Waals surface area contributed by atoms with Crippen LogP contribution >= 0.6 is 0 Å². The van der Waals surface area contributed by atoms with E-state index in [1.54, 1.807) is 19.2 Å². The number of anilines is 1.